The Hall–Kier alpha value is -1.52. The number of rotatable bonds is 3. The maximum Gasteiger partial charge on any atom is 0.0465 e. The van der Waals surface area contributed by atoms with Crippen molar-refractivity contribution in [3.05, 3.63) is 41.5 Å². The van der Waals surface area contributed by atoms with E-state index in [1.807, 2.05) is 36.4 Å². The fourth-order valence-corrected chi connectivity index (χ4v) is 1.03. The minimum absolute atomic E-state index is 0.186. The Morgan fingerprint density at radius 2 is 2.31 bits per heavy atom. The van der Waals surface area contributed by atoms with Crippen molar-refractivity contribution in [2.45, 2.75) is 6.42 Å². The molecule has 1 rings (SSSR count). The maximum atomic E-state index is 8.56. The van der Waals surface area contributed by atoms with Crippen LogP contribution in [-0.4, -0.2) is 11.7 Å². The first-order valence-corrected chi connectivity index (χ1v) is 4.21. The van der Waals surface area contributed by atoms with Crippen molar-refractivity contribution in [1.29, 1.82) is 0 Å². The van der Waals surface area contributed by atoms with Crippen molar-refractivity contribution in [2.24, 2.45) is 0 Å². The van der Waals surface area contributed by atoms with E-state index in [-0.39, 0.29) is 6.61 Å². The molecule has 66 valence electrons. The molecule has 1 nitrogen and oxygen atoms in total. The van der Waals surface area contributed by atoms with Crippen molar-refractivity contribution in [3.8, 4) is 12.3 Å². The number of benzene rings is 1. The highest BCUT2D eigenvalue weighted by atomic mass is 16.2. The zero-order chi connectivity index (χ0) is 9.52. The van der Waals surface area contributed by atoms with Gasteiger partial charge in [0.25, 0.3) is 0 Å². The maximum absolute atomic E-state index is 8.56. The molecule has 0 atom stereocenters. The van der Waals surface area contributed by atoms with Crippen LogP contribution in [0.15, 0.2) is 30.3 Å². The van der Waals surface area contributed by atoms with E-state index in [9.17, 15) is 0 Å². The van der Waals surface area contributed by atoms with Crippen LogP contribution in [0.2, 0.25) is 0 Å². The van der Waals surface area contributed by atoms with Crippen LogP contribution in [0.4, 0.5) is 0 Å². The van der Waals surface area contributed by atoms with Gasteiger partial charge in [-0.1, -0.05) is 30.2 Å². The molecule has 0 bridgehead atoms. The first kappa shape index (κ1) is 9.57. The monoisotopic (exact) mass is 172 g/mol. The van der Waals surface area contributed by atoms with E-state index in [1.54, 1.807) is 0 Å². The molecular formula is C12H12O. The summed E-state index contributed by atoms with van der Waals surface area (Å²) in [6.45, 7) is 0.186. The van der Waals surface area contributed by atoms with Crippen LogP contribution in [0.1, 0.15) is 17.5 Å². The predicted octanol–water partition coefficient (Wildman–Crippen LogP) is 2.06. The van der Waals surface area contributed by atoms with E-state index >= 15 is 0 Å². The third kappa shape index (κ3) is 3.14. The fourth-order valence-electron chi connectivity index (χ4n) is 1.03. The number of terminal acetylenes is 1. The van der Waals surface area contributed by atoms with Crippen molar-refractivity contribution in [2.75, 3.05) is 6.61 Å². The third-order valence-corrected chi connectivity index (χ3v) is 1.66. The molecule has 0 aromatic heterocycles. The van der Waals surface area contributed by atoms with E-state index in [0.29, 0.717) is 6.42 Å². The van der Waals surface area contributed by atoms with Gasteiger partial charge >= 0.3 is 0 Å². The molecule has 1 heteroatoms. The molecule has 0 aliphatic carbocycles. The van der Waals surface area contributed by atoms with Gasteiger partial charge in [0.2, 0.25) is 0 Å². The topological polar surface area (TPSA) is 20.2 Å². The van der Waals surface area contributed by atoms with Crippen molar-refractivity contribution < 1.29 is 5.11 Å². The minimum Gasteiger partial charge on any atom is -0.396 e. The van der Waals surface area contributed by atoms with Crippen molar-refractivity contribution in [3.63, 3.8) is 0 Å². The van der Waals surface area contributed by atoms with Crippen LogP contribution in [-0.2, 0) is 0 Å². The number of hydrogen-bond donors (Lipinski definition) is 1. The van der Waals surface area contributed by atoms with Gasteiger partial charge in [-0.05, 0) is 24.1 Å². The van der Waals surface area contributed by atoms with Crippen LogP contribution < -0.4 is 0 Å². The van der Waals surface area contributed by atoms with E-state index < -0.39 is 0 Å². The smallest absolute Gasteiger partial charge is 0.0465 e. The van der Waals surface area contributed by atoms with Crippen LogP contribution in [0, 0.1) is 12.3 Å². The Labute approximate surface area is 78.7 Å². The van der Waals surface area contributed by atoms with E-state index in [2.05, 4.69) is 5.92 Å². The second kappa shape index (κ2) is 5.18. The first-order valence-electron chi connectivity index (χ1n) is 4.21. The van der Waals surface area contributed by atoms with Gasteiger partial charge in [0.05, 0.1) is 0 Å². The zero-order valence-corrected chi connectivity index (χ0v) is 7.40. The van der Waals surface area contributed by atoms with E-state index in [1.165, 1.54) is 0 Å². The highest BCUT2D eigenvalue weighted by Crippen LogP contribution is 2.06. The summed E-state index contributed by atoms with van der Waals surface area (Å²) in [7, 11) is 0. The SMILES string of the molecule is C#Cc1cccc(C=CCCO)c1. The summed E-state index contributed by atoms with van der Waals surface area (Å²) in [5.41, 5.74) is 1.95. The summed E-state index contributed by atoms with van der Waals surface area (Å²) in [6.07, 6.45) is 9.82. The lowest BCUT2D eigenvalue weighted by atomic mass is 10.1. The quantitative estimate of drug-likeness (QED) is 0.692. The van der Waals surface area contributed by atoms with Crippen LogP contribution in [0.25, 0.3) is 6.08 Å². The molecule has 0 heterocycles. The summed E-state index contributed by atoms with van der Waals surface area (Å²) < 4.78 is 0. The average molecular weight is 172 g/mol. The standard InChI is InChI=1S/C12H12O/c1-2-11-7-5-8-12(10-11)6-3-4-9-13/h1,3,5-8,10,13H,4,9H2. The molecule has 0 aliphatic rings. The molecule has 0 fully saturated rings. The minimum atomic E-state index is 0.186. The van der Waals surface area contributed by atoms with Crippen LogP contribution >= 0.6 is 0 Å². The Kier molecular flexibility index (Phi) is 3.81. The highest BCUT2D eigenvalue weighted by Gasteiger charge is 1.88. The second-order valence-corrected chi connectivity index (χ2v) is 2.68. The molecule has 0 spiro atoms. The van der Waals surface area contributed by atoms with Crippen molar-refractivity contribution in [1.82, 2.24) is 0 Å². The van der Waals surface area contributed by atoms with Crippen LogP contribution in [0.5, 0.6) is 0 Å². The molecule has 0 amide bonds. The number of aliphatic hydroxyl groups is 1. The normalized spacial score (nSPS) is 10.2. The Bertz CT molecular complexity index is 331. The molecule has 1 N–H and O–H groups in total. The van der Waals surface area contributed by atoms with E-state index in [4.69, 9.17) is 11.5 Å². The van der Waals surface area contributed by atoms with E-state index in [0.717, 1.165) is 11.1 Å². The van der Waals surface area contributed by atoms with Gasteiger partial charge in [0, 0.05) is 12.2 Å². The highest BCUT2D eigenvalue weighted by molar-refractivity contribution is 5.52. The average Bonchev–Trinajstić information content (AvgIpc) is 2.19. The largest absolute Gasteiger partial charge is 0.396 e. The van der Waals surface area contributed by atoms with Gasteiger partial charge in [-0.15, -0.1) is 6.42 Å². The lowest BCUT2D eigenvalue weighted by Gasteiger charge is -1.94. The Balaban J connectivity index is 2.73. The second-order valence-electron chi connectivity index (χ2n) is 2.68. The lowest BCUT2D eigenvalue weighted by Crippen LogP contribution is -1.78. The summed E-state index contributed by atoms with van der Waals surface area (Å²) >= 11 is 0. The summed E-state index contributed by atoms with van der Waals surface area (Å²) in [5.74, 6) is 2.57. The van der Waals surface area contributed by atoms with Crippen LogP contribution in [0.3, 0.4) is 0 Å². The van der Waals surface area contributed by atoms with Crippen molar-refractivity contribution >= 4 is 6.08 Å². The van der Waals surface area contributed by atoms with Gasteiger partial charge in [-0.2, -0.15) is 0 Å². The van der Waals surface area contributed by atoms with Gasteiger partial charge in [-0.3, -0.25) is 0 Å². The van der Waals surface area contributed by atoms with Gasteiger partial charge < -0.3 is 5.11 Å². The summed E-state index contributed by atoms with van der Waals surface area (Å²) in [4.78, 5) is 0. The molecule has 0 saturated carbocycles. The number of hydrogen-bond acceptors (Lipinski definition) is 1. The molecule has 0 unspecified atom stereocenters. The molecule has 0 radical (unpaired) electrons. The molecule has 0 saturated heterocycles. The predicted molar refractivity (Wildman–Crippen MR) is 55.1 cm³/mol. The fraction of sp³-hybridized carbons (Fsp3) is 0.167. The first-order chi connectivity index (χ1) is 6.36. The molecule has 1 aromatic carbocycles. The zero-order valence-electron chi connectivity index (χ0n) is 7.40. The number of aliphatic hydroxyl groups excluding tert-OH is 1. The molecule has 1 aromatic rings. The Morgan fingerprint density at radius 1 is 1.46 bits per heavy atom. The van der Waals surface area contributed by atoms with Gasteiger partial charge in [-0.25, -0.2) is 0 Å². The summed E-state index contributed by atoms with van der Waals surface area (Å²) in [6, 6.07) is 7.74. The van der Waals surface area contributed by atoms with Gasteiger partial charge in [0.1, 0.15) is 0 Å². The molecule has 0 aliphatic heterocycles. The molecule has 13 heavy (non-hydrogen) atoms. The van der Waals surface area contributed by atoms with Gasteiger partial charge in [0.15, 0.2) is 0 Å². The lowest BCUT2D eigenvalue weighted by molar-refractivity contribution is 0.303. The Morgan fingerprint density at radius 3 is 3.00 bits per heavy atom. The molecular weight excluding hydrogens is 160 g/mol. The summed E-state index contributed by atoms with van der Waals surface area (Å²) in [5, 5.41) is 8.56. The third-order valence-electron chi connectivity index (χ3n) is 1.66.